The first kappa shape index (κ1) is 25.0. The van der Waals surface area contributed by atoms with E-state index in [4.69, 9.17) is 0 Å². The van der Waals surface area contributed by atoms with Gasteiger partial charge in [-0.2, -0.15) is 0 Å². The van der Waals surface area contributed by atoms with Crippen LogP contribution in [-0.2, 0) is 29.0 Å². The Morgan fingerprint density at radius 1 is 0.762 bits per heavy atom. The molecule has 0 spiro atoms. The van der Waals surface area contributed by atoms with Crippen LogP contribution in [0, 0.1) is 0 Å². The van der Waals surface area contributed by atoms with Crippen LogP contribution in [0.25, 0.3) is 0 Å². The van der Waals surface area contributed by atoms with Crippen LogP contribution in [0.4, 0.5) is 0 Å². The summed E-state index contributed by atoms with van der Waals surface area (Å²) in [6.45, 7) is 0. The molecule has 9 heteroatoms. The van der Waals surface area contributed by atoms with Crippen molar-refractivity contribution in [2.24, 2.45) is 0 Å². The molecule has 0 radical (unpaired) electrons. The number of hydrogen-bond acceptors (Lipinski definition) is 8. The standard InChI is InChI=1S/2C6H10O4.Mg/c2*7-5-3-1-2-4-6(8)10-9;/h2*5,9H,1-4H2;/q;;+2/p-2. The van der Waals surface area contributed by atoms with E-state index in [0.717, 1.165) is 12.6 Å². The second-order valence-corrected chi connectivity index (χ2v) is 3.74. The Hall–Kier alpha value is -1.03. The molecule has 0 atom stereocenters. The van der Waals surface area contributed by atoms with Gasteiger partial charge in [-0.25, -0.2) is 0 Å². The van der Waals surface area contributed by atoms with E-state index in [2.05, 4.69) is 9.78 Å². The first-order chi connectivity index (χ1) is 9.62. The summed E-state index contributed by atoms with van der Waals surface area (Å²) in [5.74, 6) is -1.52. The Bertz CT molecular complexity index is 254. The molecular formula is C12H18MgO8. The van der Waals surface area contributed by atoms with Gasteiger partial charge in [0.05, 0.1) is 0 Å². The molecule has 21 heavy (non-hydrogen) atoms. The molecule has 0 aromatic heterocycles. The van der Waals surface area contributed by atoms with E-state index in [1.54, 1.807) is 0 Å². The third-order valence-corrected chi connectivity index (χ3v) is 2.09. The summed E-state index contributed by atoms with van der Waals surface area (Å²) in [6.07, 6.45) is 5.01. The van der Waals surface area contributed by atoms with E-state index in [1.165, 1.54) is 0 Å². The summed E-state index contributed by atoms with van der Waals surface area (Å²) in [7, 11) is 0. The van der Waals surface area contributed by atoms with Crippen molar-refractivity contribution in [3.05, 3.63) is 0 Å². The Morgan fingerprint density at radius 2 is 1.10 bits per heavy atom. The topological polar surface area (TPSA) is 133 Å². The summed E-state index contributed by atoms with van der Waals surface area (Å²) in [5.41, 5.74) is 0. The van der Waals surface area contributed by atoms with Gasteiger partial charge in [0.15, 0.2) is 0 Å². The van der Waals surface area contributed by atoms with E-state index in [9.17, 15) is 29.7 Å². The molecule has 0 rings (SSSR count). The van der Waals surface area contributed by atoms with Crippen LogP contribution in [0.2, 0.25) is 0 Å². The predicted molar refractivity (Wildman–Crippen MR) is 67.0 cm³/mol. The van der Waals surface area contributed by atoms with E-state index in [1.807, 2.05) is 0 Å². The average molecular weight is 315 g/mol. The quantitative estimate of drug-likeness (QED) is 0.160. The van der Waals surface area contributed by atoms with Crippen LogP contribution < -0.4 is 10.5 Å². The zero-order chi connectivity index (χ0) is 15.6. The van der Waals surface area contributed by atoms with Gasteiger partial charge in [0.25, 0.3) is 11.9 Å². The van der Waals surface area contributed by atoms with Gasteiger partial charge in [-0.1, -0.05) is 0 Å². The first-order valence-corrected chi connectivity index (χ1v) is 6.14. The molecule has 0 saturated carbocycles. The van der Waals surface area contributed by atoms with Gasteiger partial charge < -0.3 is 29.9 Å². The van der Waals surface area contributed by atoms with Gasteiger partial charge >= 0.3 is 23.1 Å². The molecule has 0 aromatic rings. The molecule has 0 aliphatic carbocycles. The fraction of sp³-hybridized carbons (Fsp3) is 0.667. The Labute approximate surface area is 138 Å². The molecule has 116 valence electrons. The summed E-state index contributed by atoms with van der Waals surface area (Å²) >= 11 is 0. The summed E-state index contributed by atoms with van der Waals surface area (Å²) < 4.78 is 0. The fourth-order valence-corrected chi connectivity index (χ4v) is 1.08. The van der Waals surface area contributed by atoms with Gasteiger partial charge in [0.2, 0.25) is 0 Å². The third kappa shape index (κ3) is 24.4. The minimum Gasteiger partial charge on any atom is -0.662 e. The van der Waals surface area contributed by atoms with Crippen molar-refractivity contribution in [3.8, 4) is 0 Å². The van der Waals surface area contributed by atoms with Crippen LogP contribution in [0.5, 0.6) is 0 Å². The normalized spacial score (nSPS) is 8.48. The van der Waals surface area contributed by atoms with Gasteiger partial charge in [-0.3, -0.25) is 9.59 Å². The van der Waals surface area contributed by atoms with Gasteiger partial charge in [0, 0.05) is 25.7 Å². The minimum absolute atomic E-state index is 0. The molecule has 0 amide bonds. The second kappa shape index (κ2) is 21.3. The molecule has 8 nitrogen and oxygen atoms in total. The van der Waals surface area contributed by atoms with Gasteiger partial charge in [0.1, 0.15) is 12.6 Å². The number of carbonyl (C=O) groups excluding carboxylic acids is 4. The molecule has 0 saturated heterocycles. The number of aldehydes is 2. The molecule has 0 heterocycles. The number of carbonyl (C=O) groups is 4. The molecule has 0 aromatic carbocycles. The smallest absolute Gasteiger partial charge is 0.662 e. The maximum absolute atomic E-state index is 10.2. The number of unbranched alkanes of at least 4 members (excludes halogenated alkanes) is 4. The Balaban J connectivity index is -0.000000295. The first-order valence-electron chi connectivity index (χ1n) is 6.14. The van der Waals surface area contributed by atoms with Crippen LogP contribution in [0.15, 0.2) is 0 Å². The van der Waals surface area contributed by atoms with E-state index in [-0.39, 0.29) is 35.9 Å². The van der Waals surface area contributed by atoms with Crippen LogP contribution in [0.1, 0.15) is 51.4 Å². The molecule has 0 N–H and O–H groups in total. The van der Waals surface area contributed by atoms with Crippen molar-refractivity contribution in [2.75, 3.05) is 0 Å². The predicted octanol–water partition coefficient (Wildman–Crippen LogP) is -1.25. The van der Waals surface area contributed by atoms with Crippen LogP contribution in [-0.4, -0.2) is 47.6 Å². The molecular weight excluding hydrogens is 296 g/mol. The molecule has 0 fully saturated rings. The van der Waals surface area contributed by atoms with Crippen molar-refractivity contribution in [1.29, 1.82) is 0 Å². The van der Waals surface area contributed by atoms with E-state index < -0.39 is 11.9 Å². The van der Waals surface area contributed by atoms with Gasteiger partial charge in [-0.05, 0) is 25.7 Å². The zero-order valence-electron chi connectivity index (χ0n) is 11.8. The average Bonchev–Trinajstić information content (AvgIpc) is 2.48. The summed E-state index contributed by atoms with van der Waals surface area (Å²) in [6, 6.07) is 0. The second-order valence-electron chi connectivity index (χ2n) is 3.74. The maximum Gasteiger partial charge on any atom is 2.00 e. The maximum atomic E-state index is 10.2. The van der Waals surface area contributed by atoms with E-state index >= 15 is 0 Å². The molecule has 0 bridgehead atoms. The Kier molecular flexibility index (Phi) is 25.3. The van der Waals surface area contributed by atoms with Crippen molar-refractivity contribution >= 4 is 47.6 Å². The third-order valence-electron chi connectivity index (χ3n) is 2.09. The number of hydrogen-bond donors (Lipinski definition) is 0. The zero-order valence-corrected chi connectivity index (χ0v) is 13.2. The van der Waals surface area contributed by atoms with E-state index in [0.29, 0.717) is 38.5 Å². The van der Waals surface area contributed by atoms with Crippen molar-refractivity contribution in [2.45, 2.75) is 51.4 Å². The largest absolute Gasteiger partial charge is 2.00 e. The van der Waals surface area contributed by atoms with Crippen molar-refractivity contribution in [3.63, 3.8) is 0 Å². The Morgan fingerprint density at radius 3 is 1.33 bits per heavy atom. The monoisotopic (exact) mass is 314 g/mol. The molecule has 0 unspecified atom stereocenters. The van der Waals surface area contributed by atoms with Crippen LogP contribution in [0.3, 0.4) is 0 Å². The fourth-order valence-electron chi connectivity index (χ4n) is 1.08. The molecule has 0 aliphatic rings. The van der Waals surface area contributed by atoms with Crippen molar-refractivity contribution in [1.82, 2.24) is 0 Å². The summed E-state index contributed by atoms with van der Waals surface area (Å²) in [4.78, 5) is 46.1. The molecule has 0 aliphatic heterocycles. The van der Waals surface area contributed by atoms with Crippen LogP contribution >= 0.6 is 0 Å². The number of rotatable bonds is 10. The SMILES string of the molecule is O=CCCCCC(=O)O[O-].O=CCCCCC(=O)O[O-].[Mg+2]. The summed E-state index contributed by atoms with van der Waals surface area (Å²) in [5, 5.41) is 18.7. The minimum atomic E-state index is -0.758. The van der Waals surface area contributed by atoms with Gasteiger partial charge in [-0.15, -0.1) is 0 Å². The van der Waals surface area contributed by atoms with Crippen molar-refractivity contribution < 1.29 is 39.5 Å².